The molecule has 0 spiro atoms. The summed E-state index contributed by atoms with van der Waals surface area (Å²) in [6.07, 6.45) is 0. The number of rotatable bonds is 4. The lowest BCUT2D eigenvalue weighted by Crippen LogP contribution is -2.39. The first-order valence-electron chi connectivity index (χ1n) is 6.97. The predicted molar refractivity (Wildman–Crippen MR) is 86.1 cm³/mol. The molecule has 2 aromatic carbocycles. The summed E-state index contributed by atoms with van der Waals surface area (Å²) in [6, 6.07) is 15.9. The van der Waals surface area contributed by atoms with Crippen LogP contribution in [0.4, 0.5) is 11.4 Å². The molecule has 0 heterocycles. The highest BCUT2D eigenvalue weighted by Gasteiger charge is 2.22. The molecule has 0 saturated heterocycles. The minimum Gasteiger partial charge on any atom is -0.497 e. The second kappa shape index (κ2) is 7.26. The number of ether oxygens (including phenoxy) is 1. The largest absolute Gasteiger partial charge is 0.497 e. The van der Waals surface area contributed by atoms with Gasteiger partial charge in [0.15, 0.2) is 0 Å². The molecule has 2 amide bonds. The minimum atomic E-state index is -0.663. The molecule has 0 radical (unpaired) electrons. The maximum Gasteiger partial charge on any atom is 0.316 e. The van der Waals surface area contributed by atoms with Crippen molar-refractivity contribution in [2.24, 2.45) is 0 Å². The van der Waals surface area contributed by atoms with Crippen LogP contribution < -0.4 is 15.0 Å². The van der Waals surface area contributed by atoms with Gasteiger partial charge in [0.05, 0.1) is 7.11 Å². The number of nitrogens with one attached hydrogen (secondary N) is 1. The van der Waals surface area contributed by atoms with Crippen LogP contribution in [0, 0.1) is 0 Å². The first-order valence-corrected chi connectivity index (χ1v) is 6.97. The predicted octanol–water partition coefficient (Wildman–Crippen LogP) is 2.69. The lowest BCUT2D eigenvalue weighted by Gasteiger charge is -2.20. The molecule has 1 N–H and O–H groups in total. The van der Waals surface area contributed by atoms with E-state index in [-0.39, 0.29) is 0 Å². The van der Waals surface area contributed by atoms with Crippen LogP contribution in [-0.2, 0) is 9.59 Å². The highest BCUT2D eigenvalue weighted by molar-refractivity contribution is 6.44. The van der Waals surface area contributed by atoms with Gasteiger partial charge in [-0.25, -0.2) is 0 Å². The van der Waals surface area contributed by atoms with E-state index >= 15 is 0 Å². The van der Waals surface area contributed by atoms with Crippen LogP contribution in [0.25, 0.3) is 0 Å². The number of amides is 2. The van der Waals surface area contributed by atoms with Gasteiger partial charge in [-0.15, -0.1) is 0 Å². The number of benzene rings is 2. The van der Waals surface area contributed by atoms with Crippen LogP contribution in [0.15, 0.2) is 54.6 Å². The van der Waals surface area contributed by atoms with Crippen LogP contribution in [0.1, 0.15) is 6.92 Å². The molecular formula is C17H18N2O3. The number of para-hydroxylation sites is 1. The Labute approximate surface area is 129 Å². The fraction of sp³-hybridized carbons (Fsp3) is 0.176. The van der Waals surface area contributed by atoms with Gasteiger partial charge >= 0.3 is 11.8 Å². The summed E-state index contributed by atoms with van der Waals surface area (Å²) in [5, 5.41) is 2.59. The van der Waals surface area contributed by atoms with Gasteiger partial charge in [0.1, 0.15) is 5.75 Å². The smallest absolute Gasteiger partial charge is 0.316 e. The first-order chi connectivity index (χ1) is 10.7. The van der Waals surface area contributed by atoms with Crippen LogP contribution in [0.3, 0.4) is 0 Å². The van der Waals surface area contributed by atoms with E-state index in [1.165, 1.54) is 4.90 Å². The van der Waals surface area contributed by atoms with Crippen molar-refractivity contribution >= 4 is 23.2 Å². The van der Waals surface area contributed by atoms with Crippen molar-refractivity contribution in [1.29, 1.82) is 0 Å². The van der Waals surface area contributed by atoms with E-state index in [0.29, 0.717) is 23.7 Å². The zero-order valence-electron chi connectivity index (χ0n) is 12.6. The summed E-state index contributed by atoms with van der Waals surface area (Å²) < 4.78 is 5.09. The SMILES string of the molecule is CCN(C(=O)C(=O)Nc1ccccc1)c1ccc(OC)cc1. The van der Waals surface area contributed by atoms with Gasteiger partial charge in [-0.2, -0.15) is 0 Å². The Morgan fingerprint density at radius 2 is 1.68 bits per heavy atom. The zero-order valence-corrected chi connectivity index (χ0v) is 12.6. The third-order valence-corrected chi connectivity index (χ3v) is 3.17. The molecule has 0 aliphatic carbocycles. The lowest BCUT2D eigenvalue weighted by atomic mass is 10.2. The summed E-state index contributed by atoms with van der Waals surface area (Å²) in [7, 11) is 1.57. The Kier molecular flexibility index (Phi) is 5.14. The molecule has 0 bridgehead atoms. The topological polar surface area (TPSA) is 58.6 Å². The molecule has 0 aromatic heterocycles. The molecule has 5 heteroatoms. The Morgan fingerprint density at radius 1 is 1.05 bits per heavy atom. The summed E-state index contributed by atoms with van der Waals surface area (Å²) >= 11 is 0. The minimum absolute atomic E-state index is 0.396. The van der Waals surface area contributed by atoms with E-state index in [1.807, 2.05) is 13.0 Å². The van der Waals surface area contributed by atoms with E-state index < -0.39 is 11.8 Å². The molecule has 0 saturated carbocycles. The molecule has 22 heavy (non-hydrogen) atoms. The zero-order chi connectivity index (χ0) is 15.9. The van der Waals surface area contributed by atoms with Crippen molar-refractivity contribution in [3.63, 3.8) is 0 Å². The Bertz CT molecular complexity index is 639. The molecule has 0 atom stereocenters. The average molecular weight is 298 g/mol. The van der Waals surface area contributed by atoms with Crippen LogP contribution >= 0.6 is 0 Å². The standard InChI is InChI=1S/C17H18N2O3/c1-3-19(14-9-11-15(22-2)12-10-14)17(21)16(20)18-13-7-5-4-6-8-13/h4-12H,3H2,1-2H3,(H,18,20). The van der Waals surface area contributed by atoms with Gasteiger partial charge in [0.2, 0.25) is 0 Å². The molecule has 5 nitrogen and oxygen atoms in total. The van der Waals surface area contributed by atoms with Crippen molar-refractivity contribution in [3.8, 4) is 5.75 Å². The van der Waals surface area contributed by atoms with E-state index in [2.05, 4.69) is 5.32 Å². The molecule has 2 aromatic rings. The molecule has 0 fully saturated rings. The third kappa shape index (κ3) is 3.63. The van der Waals surface area contributed by atoms with E-state index in [0.717, 1.165) is 0 Å². The number of anilines is 2. The van der Waals surface area contributed by atoms with Crippen molar-refractivity contribution in [2.75, 3.05) is 23.9 Å². The third-order valence-electron chi connectivity index (χ3n) is 3.17. The van der Waals surface area contributed by atoms with E-state index in [1.54, 1.807) is 55.6 Å². The van der Waals surface area contributed by atoms with Gasteiger partial charge in [0, 0.05) is 17.9 Å². The van der Waals surface area contributed by atoms with E-state index in [4.69, 9.17) is 4.74 Å². The van der Waals surface area contributed by atoms with Gasteiger partial charge in [-0.3, -0.25) is 9.59 Å². The average Bonchev–Trinajstić information content (AvgIpc) is 2.57. The summed E-state index contributed by atoms with van der Waals surface area (Å²) in [6.45, 7) is 2.21. The Hall–Kier alpha value is -2.82. The number of hydrogen-bond acceptors (Lipinski definition) is 3. The summed E-state index contributed by atoms with van der Waals surface area (Å²) in [5.74, 6) is -0.568. The number of nitrogens with zero attached hydrogens (tertiary/aromatic N) is 1. The lowest BCUT2D eigenvalue weighted by molar-refractivity contribution is -0.134. The second-order valence-electron chi connectivity index (χ2n) is 4.57. The number of carbonyl (C=O) groups excluding carboxylic acids is 2. The quantitative estimate of drug-likeness (QED) is 0.883. The maximum absolute atomic E-state index is 12.3. The summed E-state index contributed by atoms with van der Waals surface area (Å²) in [4.78, 5) is 25.8. The van der Waals surface area contributed by atoms with Gasteiger partial charge < -0.3 is 15.0 Å². The van der Waals surface area contributed by atoms with Gasteiger partial charge in [-0.05, 0) is 43.3 Å². The van der Waals surface area contributed by atoms with Crippen LogP contribution in [0.2, 0.25) is 0 Å². The number of methoxy groups -OCH3 is 1. The molecular weight excluding hydrogens is 280 g/mol. The second-order valence-corrected chi connectivity index (χ2v) is 4.57. The van der Waals surface area contributed by atoms with Crippen LogP contribution in [-0.4, -0.2) is 25.5 Å². The molecule has 114 valence electrons. The highest BCUT2D eigenvalue weighted by atomic mass is 16.5. The molecule has 0 aliphatic rings. The number of likely N-dealkylation sites (N-methyl/N-ethyl adjacent to an activating group) is 1. The maximum atomic E-state index is 12.3. The Balaban J connectivity index is 2.12. The van der Waals surface area contributed by atoms with Crippen molar-refractivity contribution in [2.45, 2.75) is 6.92 Å². The fourth-order valence-electron chi connectivity index (χ4n) is 2.03. The van der Waals surface area contributed by atoms with Crippen molar-refractivity contribution in [1.82, 2.24) is 0 Å². The van der Waals surface area contributed by atoms with Gasteiger partial charge in [-0.1, -0.05) is 18.2 Å². The first kappa shape index (κ1) is 15.6. The molecule has 0 aliphatic heterocycles. The normalized spacial score (nSPS) is 9.91. The van der Waals surface area contributed by atoms with Crippen molar-refractivity contribution in [3.05, 3.63) is 54.6 Å². The monoisotopic (exact) mass is 298 g/mol. The highest BCUT2D eigenvalue weighted by Crippen LogP contribution is 2.19. The number of carbonyl (C=O) groups is 2. The molecule has 2 rings (SSSR count). The number of hydrogen-bond donors (Lipinski definition) is 1. The summed E-state index contributed by atoms with van der Waals surface area (Å²) in [5.41, 5.74) is 1.24. The fourth-order valence-corrected chi connectivity index (χ4v) is 2.03. The van der Waals surface area contributed by atoms with Crippen molar-refractivity contribution < 1.29 is 14.3 Å². The molecule has 0 unspecified atom stereocenters. The Morgan fingerprint density at radius 3 is 2.23 bits per heavy atom. The van der Waals surface area contributed by atoms with Gasteiger partial charge in [0.25, 0.3) is 0 Å². The van der Waals surface area contributed by atoms with Crippen LogP contribution in [0.5, 0.6) is 5.75 Å². The van der Waals surface area contributed by atoms with E-state index in [9.17, 15) is 9.59 Å².